The van der Waals surface area contributed by atoms with Crippen LogP contribution in [0.3, 0.4) is 0 Å². The molecule has 4 aromatic rings. The normalized spacial score (nSPS) is 10.5. The summed E-state index contributed by atoms with van der Waals surface area (Å²) in [6.45, 7) is 2.99. The van der Waals surface area contributed by atoms with Crippen molar-refractivity contribution in [3.63, 3.8) is 0 Å². The zero-order chi connectivity index (χ0) is 24.6. The molecule has 0 saturated heterocycles. The van der Waals surface area contributed by atoms with E-state index in [4.69, 9.17) is 4.74 Å². The minimum atomic E-state index is -0.0797. The molecule has 0 bridgehead atoms. The van der Waals surface area contributed by atoms with Crippen molar-refractivity contribution in [2.75, 3.05) is 10.6 Å². The van der Waals surface area contributed by atoms with E-state index in [-0.39, 0.29) is 11.8 Å². The van der Waals surface area contributed by atoms with Crippen molar-refractivity contribution in [2.45, 2.75) is 33.4 Å². The highest BCUT2D eigenvalue weighted by atomic mass is 32.2. The van der Waals surface area contributed by atoms with E-state index >= 15 is 0 Å². The minimum absolute atomic E-state index is 0.0797. The molecule has 0 saturated carbocycles. The molecule has 4 aromatic carbocycles. The summed E-state index contributed by atoms with van der Waals surface area (Å²) in [5.41, 5.74) is 1.57. The quantitative estimate of drug-likeness (QED) is 0.259. The first-order valence-corrected chi connectivity index (χ1v) is 12.6. The number of ether oxygens (including phenoxy) is 1. The second kappa shape index (κ2) is 11.6. The fourth-order valence-electron chi connectivity index (χ4n) is 3.18. The van der Waals surface area contributed by atoms with Crippen molar-refractivity contribution in [3.05, 3.63) is 97.1 Å². The van der Waals surface area contributed by atoms with Crippen LogP contribution in [0.15, 0.2) is 117 Å². The fourth-order valence-corrected chi connectivity index (χ4v) is 4.81. The van der Waals surface area contributed by atoms with Crippen molar-refractivity contribution in [1.29, 1.82) is 0 Å². The lowest BCUT2D eigenvalue weighted by atomic mass is 10.3. The average Bonchev–Trinajstić information content (AvgIpc) is 2.83. The van der Waals surface area contributed by atoms with Crippen LogP contribution in [0.5, 0.6) is 11.5 Å². The summed E-state index contributed by atoms with van der Waals surface area (Å²) in [5, 5.41) is 5.54. The van der Waals surface area contributed by atoms with E-state index in [9.17, 15) is 9.59 Å². The first kappa shape index (κ1) is 24.4. The number of nitrogens with one attached hydrogen (secondary N) is 2. The van der Waals surface area contributed by atoms with Crippen molar-refractivity contribution in [2.24, 2.45) is 0 Å². The van der Waals surface area contributed by atoms with E-state index in [1.165, 1.54) is 13.8 Å². The maximum absolute atomic E-state index is 11.1. The van der Waals surface area contributed by atoms with E-state index < -0.39 is 0 Å². The molecule has 0 aliphatic heterocycles. The summed E-state index contributed by atoms with van der Waals surface area (Å²) in [7, 11) is 0. The lowest BCUT2D eigenvalue weighted by Crippen LogP contribution is -2.05. The Balaban J connectivity index is 1.30. The van der Waals surface area contributed by atoms with E-state index in [2.05, 4.69) is 10.6 Å². The highest BCUT2D eigenvalue weighted by Crippen LogP contribution is 2.33. The molecule has 35 heavy (non-hydrogen) atoms. The number of carbonyl (C=O) groups excluding carboxylic acids is 2. The number of hydrogen-bond donors (Lipinski definition) is 2. The largest absolute Gasteiger partial charge is 0.457 e. The molecule has 0 spiro atoms. The van der Waals surface area contributed by atoms with Crippen LogP contribution < -0.4 is 15.4 Å². The fraction of sp³-hybridized carbons (Fsp3) is 0.0714. The molecular formula is C28H24N2O3S2. The number of amides is 2. The second-order valence-electron chi connectivity index (χ2n) is 7.66. The van der Waals surface area contributed by atoms with E-state index in [1.54, 1.807) is 23.5 Å². The van der Waals surface area contributed by atoms with Gasteiger partial charge in [0.25, 0.3) is 0 Å². The molecule has 0 aromatic heterocycles. The van der Waals surface area contributed by atoms with Crippen molar-refractivity contribution in [1.82, 2.24) is 0 Å². The van der Waals surface area contributed by atoms with Crippen LogP contribution in [0.2, 0.25) is 0 Å². The van der Waals surface area contributed by atoms with Gasteiger partial charge >= 0.3 is 0 Å². The predicted molar refractivity (Wildman–Crippen MR) is 143 cm³/mol. The molecule has 5 nitrogen and oxygen atoms in total. The predicted octanol–water partition coefficient (Wildman–Crippen LogP) is 7.70. The highest BCUT2D eigenvalue weighted by molar-refractivity contribution is 7.99. The Morgan fingerprint density at radius 2 is 0.800 bits per heavy atom. The van der Waals surface area contributed by atoms with Crippen LogP contribution >= 0.6 is 23.5 Å². The summed E-state index contributed by atoms with van der Waals surface area (Å²) >= 11 is 3.29. The van der Waals surface area contributed by atoms with Gasteiger partial charge in [-0.25, -0.2) is 0 Å². The zero-order valence-corrected chi connectivity index (χ0v) is 20.9. The average molecular weight is 501 g/mol. The Labute approximate surface area is 213 Å². The van der Waals surface area contributed by atoms with Gasteiger partial charge in [-0.3, -0.25) is 9.59 Å². The maximum atomic E-state index is 11.1. The van der Waals surface area contributed by atoms with Gasteiger partial charge < -0.3 is 15.4 Å². The van der Waals surface area contributed by atoms with E-state index in [0.29, 0.717) is 0 Å². The lowest BCUT2D eigenvalue weighted by molar-refractivity contribution is -0.115. The second-order valence-corrected chi connectivity index (χ2v) is 9.95. The number of rotatable bonds is 8. The molecule has 0 radical (unpaired) electrons. The summed E-state index contributed by atoms with van der Waals surface area (Å²) in [6.07, 6.45) is 0. The van der Waals surface area contributed by atoms with Gasteiger partial charge in [-0.05, 0) is 97.1 Å². The third-order valence-corrected chi connectivity index (χ3v) is 6.74. The van der Waals surface area contributed by atoms with Crippen LogP contribution in [0.4, 0.5) is 11.4 Å². The van der Waals surface area contributed by atoms with E-state index in [0.717, 1.165) is 42.5 Å². The maximum Gasteiger partial charge on any atom is 0.221 e. The summed E-state index contributed by atoms with van der Waals surface area (Å²) < 4.78 is 6.00. The third-order valence-electron chi connectivity index (χ3n) is 4.70. The van der Waals surface area contributed by atoms with Crippen LogP contribution in [-0.4, -0.2) is 11.8 Å². The van der Waals surface area contributed by atoms with Crippen LogP contribution in [0.1, 0.15) is 13.8 Å². The molecule has 0 aliphatic carbocycles. The van der Waals surface area contributed by atoms with Gasteiger partial charge in [0.15, 0.2) is 0 Å². The topological polar surface area (TPSA) is 67.4 Å². The molecule has 0 aliphatic rings. The number of anilines is 2. The SMILES string of the molecule is CC(=O)Nc1ccc(Sc2ccc(Oc3ccc(Sc4ccc(NC(C)=O)cc4)cc3)cc2)cc1. The molecular weight excluding hydrogens is 476 g/mol. The lowest BCUT2D eigenvalue weighted by Gasteiger charge is -2.09. The van der Waals surface area contributed by atoms with Crippen LogP contribution in [0, 0.1) is 0 Å². The van der Waals surface area contributed by atoms with Gasteiger partial charge in [0.1, 0.15) is 11.5 Å². The molecule has 2 amide bonds. The molecule has 2 N–H and O–H groups in total. The number of benzene rings is 4. The standard InChI is InChI=1S/C28H24N2O3S2/c1-19(31)29-21-3-11-25(12-4-21)34-27-15-7-23(8-16-27)33-24-9-17-28(18-10-24)35-26-13-5-22(6-14-26)30-20(2)32/h3-18H,1-2H3,(H,29,31)(H,30,32). The van der Waals surface area contributed by atoms with Crippen molar-refractivity contribution < 1.29 is 14.3 Å². The first-order valence-electron chi connectivity index (χ1n) is 10.9. The zero-order valence-electron chi connectivity index (χ0n) is 19.3. The first-order chi connectivity index (χ1) is 16.9. The van der Waals surface area contributed by atoms with Gasteiger partial charge in [0.05, 0.1) is 0 Å². The Morgan fingerprint density at radius 3 is 1.09 bits per heavy atom. The Bertz CT molecular complexity index is 1190. The number of hydrogen-bond acceptors (Lipinski definition) is 5. The molecule has 0 unspecified atom stereocenters. The van der Waals surface area contributed by atoms with Gasteiger partial charge in [-0.1, -0.05) is 23.5 Å². The van der Waals surface area contributed by atoms with Crippen molar-refractivity contribution >= 4 is 46.7 Å². The molecule has 7 heteroatoms. The van der Waals surface area contributed by atoms with Crippen LogP contribution in [0.25, 0.3) is 0 Å². The van der Waals surface area contributed by atoms with Gasteiger partial charge in [0, 0.05) is 44.8 Å². The number of carbonyl (C=O) groups is 2. The molecule has 0 atom stereocenters. The van der Waals surface area contributed by atoms with E-state index in [1.807, 2.05) is 97.1 Å². The van der Waals surface area contributed by atoms with Crippen molar-refractivity contribution in [3.8, 4) is 11.5 Å². The Kier molecular flexibility index (Phi) is 8.13. The minimum Gasteiger partial charge on any atom is -0.457 e. The summed E-state index contributed by atoms with van der Waals surface area (Å²) in [4.78, 5) is 26.7. The molecule has 0 fully saturated rings. The molecule has 4 rings (SSSR count). The smallest absolute Gasteiger partial charge is 0.221 e. The van der Waals surface area contributed by atoms with Crippen LogP contribution in [-0.2, 0) is 9.59 Å². The van der Waals surface area contributed by atoms with Gasteiger partial charge in [0.2, 0.25) is 11.8 Å². The Morgan fingerprint density at radius 1 is 0.514 bits per heavy atom. The monoisotopic (exact) mass is 500 g/mol. The van der Waals surface area contributed by atoms with Gasteiger partial charge in [-0.15, -0.1) is 0 Å². The highest BCUT2D eigenvalue weighted by Gasteiger charge is 2.04. The Hall–Kier alpha value is -3.68. The van der Waals surface area contributed by atoms with Gasteiger partial charge in [-0.2, -0.15) is 0 Å². The third kappa shape index (κ3) is 7.67. The molecule has 0 heterocycles. The molecule has 176 valence electrons. The summed E-state index contributed by atoms with van der Waals surface area (Å²) in [5.74, 6) is 1.38. The summed E-state index contributed by atoms with van der Waals surface area (Å²) in [6, 6.07) is 31.4.